The van der Waals surface area contributed by atoms with Crippen molar-refractivity contribution in [3.63, 3.8) is 0 Å². The normalized spacial score (nSPS) is 13.6. The van der Waals surface area contributed by atoms with E-state index in [2.05, 4.69) is 10.3 Å². The number of carbonyl (C=O) groups is 1. The Morgan fingerprint density at radius 1 is 1.00 bits per heavy atom. The molecule has 1 aliphatic carbocycles. The van der Waals surface area contributed by atoms with Crippen LogP contribution in [0.15, 0.2) is 66.7 Å². The molecule has 1 aliphatic rings. The molecule has 1 N–H and O–H groups in total. The van der Waals surface area contributed by atoms with Gasteiger partial charge < -0.3 is 5.32 Å². The van der Waals surface area contributed by atoms with E-state index in [4.69, 9.17) is 0 Å². The molecule has 3 aromatic carbocycles. The lowest BCUT2D eigenvalue weighted by molar-refractivity contribution is 0.0967. The fourth-order valence-electron chi connectivity index (χ4n) is 3.25. The van der Waals surface area contributed by atoms with Gasteiger partial charge in [0.25, 0.3) is 0 Å². The van der Waals surface area contributed by atoms with Gasteiger partial charge in [-0.05, 0) is 48.2 Å². The van der Waals surface area contributed by atoms with Crippen molar-refractivity contribution in [2.24, 2.45) is 5.92 Å². The van der Waals surface area contributed by atoms with Gasteiger partial charge in [0.15, 0.2) is 10.9 Å². The number of hydrogen-bond acceptors (Lipinski definition) is 4. The third-order valence-corrected chi connectivity index (χ3v) is 5.91. The van der Waals surface area contributed by atoms with E-state index in [0.717, 1.165) is 39.7 Å². The number of aromatic nitrogens is 1. The summed E-state index contributed by atoms with van der Waals surface area (Å²) in [6, 6.07) is 20.4. The van der Waals surface area contributed by atoms with E-state index in [1.54, 1.807) is 6.07 Å². The lowest BCUT2D eigenvalue weighted by Gasteiger charge is -2.08. The summed E-state index contributed by atoms with van der Waals surface area (Å²) in [6.45, 7) is 0. The molecule has 1 fully saturated rings. The first-order valence-electron chi connectivity index (χ1n) is 9.24. The molecule has 1 saturated carbocycles. The van der Waals surface area contributed by atoms with E-state index < -0.39 is 0 Å². The predicted octanol–water partition coefficient (Wildman–Crippen LogP) is 6.44. The molecule has 0 saturated heterocycles. The number of hydrogen-bond donors (Lipinski definition) is 1. The zero-order valence-corrected chi connectivity index (χ0v) is 15.8. The number of para-hydroxylation sites is 1. The predicted molar refractivity (Wildman–Crippen MR) is 112 cm³/mol. The molecule has 0 bridgehead atoms. The molecular formula is C23H17FN2OS. The molecule has 5 rings (SSSR count). The van der Waals surface area contributed by atoms with Crippen LogP contribution in [0.1, 0.15) is 23.2 Å². The summed E-state index contributed by atoms with van der Waals surface area (Å²) in [6.07, 6.45) is 1.99. The Morgan fingerprint density at radius 3 is 2.46 bits per heavy atom. The number of fused-ring (bicyclic) bond motifs is 1. The molecule has 1 heterocycles. The Balaban J connectivity index is 1.37. The van der Waals surface area contributed by atoms with Gasteiger partial charge in [0.2, 0.25) is 0 Å². The van der Waals surface area contributed by atoms with Crippen molar-refractivity contribution in [2.45, 2.75) is 12.8 Å². The van der Waals surface area contributed by atoms with Crippen molar-refractivity contribution in [1.29, 1.82) is 0 Å². The van der Waals surface area contributed by atoms with Crippen LogP contribution in [-0.2, 0) is 0 Å². The van der Waals surface area contributed by atoms with Crippen LogP contribution in [0.4, 0.5) is 15.2 Å². The van der Waals surface area contributed by atoms with Gasteiger partial charge in [0.05, 0.1) is 15.9 Å². The molecule has 0 unspecified atom stereocenters. The van der Waals surface area contributed by atoms with Gasteiger partial charge in [0.1, 0.15) is 5.82 Å². The van der Waals surface area contributed by atoms with Gasteiger partial charge >= 0.3 is 0 Å². The minimum absolute atomic E-state index is 0.205. The molecule has 3 nitrogen and oxygen atoms in total. The largest absolute Gasteiger partial charge is 0.329 e. The zero-order chi connectivity index (χ0) is 19.1. The Bertz CT molecular complexity index is 1150. The van der Waals surface area contributed by atoms with Crippen LogP contribution in [0.2, 0.25) is 0 Å². The monoisotopic (exact) mass is 388 g/mol. The number of carbonyl (C=O) groups excluding carboxylic acids is 1. The second-order valence-corrected chi connectivity index (χ2v) is 8.05. The van der Waals surface area contributed by atoms with E-state index in [1.165, 1.54) is 17.4 Å². The molecule has 28 heavy (non-hydrogen) atoms. The number of anilines is 2. The van der Waals surface area contributed by atoms with E-state index in [1.807, 2.05) is 54.6 Å². The van der Waals surface area contributed by atoms with Crippen LogP contribution in [0, 0.1) is 11.7 Å². The fraction of sp³-hybridized carbons (Fsp3) is 0.130. The van der Waals surface area contributed by atoms with Crippen LogP contribution in [0.5, 0.6) is 0 Å². The summed E-state index contributed by atoms with van der Waals surface area (Å²) < 4.78 is 15.7. The average Bonchev–Trinajstić information content (AvgIpc) is 3.49. The van der Waals surface area contributed by atoms with Crippen molar-refractivity contribution >= 4 is 38.2 Å². The highest BCUT2D eigenvalue weighted by Crippen LogP contribution is 2.34. The van der Waals surface area contributed by atoms with E-state index in [-0.39, 0.29) is 17.5 Å². The first-order chi connectivity index (χ1) is 13.7. The summed E-state index contributed by atoms with van der Waals surface area (Å²) in [5.74, 6) is 0.0826. The quantitative estimate of drug-likeness (QED) is 0.400. The molecule has 138 valence electrons. The van der Waals surface area contributed by atoms with Crippen LogP contribution < -0.4 is 5.32 Å². The van der Waals surface area contributed by atoms with Gasteiger partial charge in [-0.15, -0.1) is 0 Å². The smallest absolute Gasteiger partial charge is 0.188 e. The first-order valence-corrected chi connectivity index (χ1v) is 10.1. The maximum Gasteiger partial charge on any atom is 0.188 e. The molecule has 4 aromatic rings. The Kier molecular flexibility index (Phi) is 4.17. The lowest BCUT2D eigenvalue weighted by Crippen LogP contribution is -2.00. The number of rotatable bonds is 5. The Labute approximate surface area is 165 Å². The molecule has 5 heteroatoms. The Morgan fingerprint density at radius 2 is 1.75 bits per heavy atom. The topological polar surface area (TPSA) is 42.0 Å². The van der Waals surface area contributed by atoms with Crippen LogP contribution in [0.3, 0.4) is 0 Å². The average molecular weight is 388 g/mol. The third kappa shape index (κ3) is 3.29. The third-order valence-electron chi connectivity index (χ3n) is 4.96. The van der Waals surface area contributed by atoms with Crippen LogP contribution in [-0.4, -0.2) is 10.8 Å². The number of benzene rings is 3. The highest BCUT2D eigenvalue weighted by atomic mass is 32.1. The molecule has 0 radical (unpaired) electrons. The molecule has 0 aliphatic heterocycles. The van der Waals surface area contributed by atoms with E-state index in [0.29, 0.717) is 10.8 Å². The maximum absolute atomic E-state index is 14.7. The summed E-state index contributed by atoms with van der Waals surface area (Å²) in [5.41, 5.74) is 3.69. The Hall–Kier alpha value is -3.05. The fourth-order valence-corrected chi connectivity index (χ4v) is 4.12. The molecule has 1 aromatic heterocycles. The van der Waals surface area contributed by atoms with Crippen LogP contribution in [0.25, 0.3) is 21.3 Å². The highest BCUT2D eigenvalue weighted by molar-refractivity contribution is 7.22. The van der Waals surface area contributed by atoms with Gasteiger partial charge in [-0.25, -0.2) is 9.37 Å². The maximum atomic E-state index is 14.7. The van der Waals surface area contributed by atoms with Crippen molar-refractivity contribution in [2.75, 3.05) is 5.32 Å². The molecule has 0 atom stereocenters. The highest BCUT2D eigenvalue weighted by Gasteiger charge is 2.30. The number of nitrogens with zero attached hydrogens (tertiary/aromatic N) is 1. The van der Waals surface area contributed by atoms with Gasteiger partial charge in [-0.3, -0.25) is 4.79 Å². The standard InChI is InChI=1S/C23H17FN2OS/c24-18-13-17(14-5-7-15(8-6-14)22(27)16-9-10-16)11-12-19(18)25-23-26-20-3-1-2-4-21(20)28-23/h1-8,11-13,16H,9-10H2,(H,25,26). The van der Waals surface area contributed by atoms with Crippen molar-refractivity contribution in [3.05, 3.63) is 78.1 Å². The van der Waals surface area contributed by atoms with Crippen LogP contribution >= 0.6 is 11.3 Å². The first kappa shape index (κ1) is 17.1. The van der Waals surface area contributed by atoms with Crippen molar-refractivity contribution in [3.8, 4) is 11.1 Å². The zero-order valence-electron chi connectivity index (χ0n) is 15.0. The number of nitrogens with one attached hydrogen (secondary N) is 1. The van der Waals surface area contributed by atoms with Gasteiger partial charge in [0, 0.05) is 11.5 Å². The number of halogens is 1. The van der Waals surface area contributed by atoms with Crippen molar-refractivity contribution in [1.82, 2.24) is 4.98 Å². The SMILES string of the molecule is O=C(c1ccc(-c2ccc(Nc3nc4ccccc4s3)c(F)c2)cc1)C1CC1. The van der Waals surface area contributed by atoms with Gasteiger partial charge in [-0.1, -0.05) is 53.8 Å². The number of thiazole rings is 1. The molecule has 0 spiro atoms. The minimum atomic E-state index is -0.338. The lowest BCUT2D eigenvalue weighted by atomic mass is 10.0. The summed E-state index contributed by atoms with van der Waals surface area (Å²) in [5, 5.41) is 3.73. The second-order valence-electron chi connectivity index (χ2n) is 7.02. The molecule has 0 amide bonds. The molecular weight excluding hydrogens is 371 g/mol. The number of Topliss-reactive ketones (excluding diaryl/α,β-unsaturated/α-hetero) is 1. The summed E-state index contributed by atoms with van der Waals surface area (Å²) in [7, 11) is 0. The van der Waals surface area contributed by atoms with E-state index >= 15 is 0 Å². The van der Waals surface area contributed by atoms with Gasteiger partial charge in [-0.2, -0.15) is 0 Å². The second kappa shape index (κ2) is 6.84. The van der Waals surface area contributed by atoms with E-state index in [9.17, 15) is 9.18 Å². The summed E-state index contributed by atoms with van der Waals surface area (Å²) in [4.78, 5) is 16.6. The number of ketones is 1. The minimum Gasteiger partial charge on any atom is -0.329 e. The summed E-state index contributed by atoms with van der Waals surface area (Å²) >= 11 is 1.49. The van der Waals surface area contributed by atoms with Crippen molar-refractivity contribution < 1.29 is 9.18 Å².